The van der Waals surface area contributed by atoms with Crippen LogP contribution in [-0.4, -0.2) is 12.6 Å². The number of allylic oxidation sites excluding steroid dienone is 1. The van der Waals surface area contributed by atoms with E-state index < -0.39 is 0 Å². The lowest BCUT2D eigenvalue weighted by molar-refractivity contribution is 0.135. The van der Waals surface area contributed by atoms with Crippen molar-refractivity contribution in [2.45, 2.75) is 25.9 Å². The number of halogens is 1. The topological polar surface area (TPSA) is 21.3 Å². The number of anilines is 1. The quantitative estimate of drug-likeness (QED) is 0.908. The van der Waals surface area contributed by atoms with Gasteiger partial charge >= 0.3 is 0 Å². The molecule has 2 nitrogen and oxygen atoms in total. The Labute approximate surface area is 105 Å². The van der Waals surface area contributed by atoms with Crippen LogP contribution in [0.4, 0.5) is 5.69 Å². The fourth-order valence-electron chi connectivity index (χ4n) is 1.76. The highest BCUT2D eigenvalue weighted by Gasteiger charge is 2.11. The van der Waals surface area contributed by atoms with Crippen molar-refractivity contribution in [1.29, 1.82) is 0 Å². The molecule has 1 aromatic carbocycles. The summed E-state index contributed by atoms with van der Waals surface area (Å²) in [5.74, 6) is 0. The first-order valence-corrected chi connectivity index (χ1v) is 6.36. The van der Waals surface area contributed by atoms with Gasteiger partial charge in [0.05, 0.1) is 12.8 Å². The zero-order valence-corrected chi connectivity index (χ0v) is 11.0. The van der Waals surface area contributed by atoms with Crippen LogP contribution in [0.25, 0.3) is 0 Å². The van der Waals surface area contributed by atoms with Gasteiger partial charge in [-0.1, -0.05) is 22.0 Å². The van der Waals surface area contributed by atoms with E-state index in [1.54, 1.807) is 0 Å². The van der Waals surface area contributed by atoms with Gasteiger partial charge in [0.1, 0.15) is 6.10 Å². The lowest BCUT2D eigenvalue weighted by Gasteiger charge is -2.21. The summed E-state index contributed by atoms with van der Waals surface area (Å²) in [6.07, 6.45) is 6.38. The smallest absolute Gasteiger partial charge is 0.115 e. The molecule has 0 spiro atoms. The van der Waals surface area contributed by atoms with Gasteiger partial charge in [-0.25, -0.2) is 0 Å². The Balaban J connectivity index is 1.94. The third kappa shape index (κ3) is 2.79. The number of hydrogen-bond donors (Lipinski definition) is 1. The van der Waals surface area contributed by atoms with E-state index >= 15 is 0 Å². The van der Waals surface area contributed by atoms with Gasteiger partial charge in [-0.15, -0.1) is 0 Å². The highest BCUT2D eigenvalue weighted by atomic mass is 79.9. The first-order chi connectivity index (χ1) is 7.77. The van der Waals surface area contributed by atoms with Gasteiger partial charge in [-0.2, -0.15) is 0 Å². The first kappa shape index (κ1) is 11.5. The summed E-state index contributed by atoms with van der Waals surface area (Å²) in [5, 5.41) is 3.43. The standard InChI is InChI=1S/C13H16BrNO/c1-10-12(14)6-4-7-13(10)15-9-11-5-2-3-8-16-11/h3-4,6-8,11,15H,2,5,9H2,1H3. The van der Waals surface area contributed by atoms with Gasteiger partial charge in [0, 0.05) is 10.2 Å². The monoisotopic (exact) mass is 281 g/mol. The number of ether oxygens (including phenoxy) is 1. The molecule has 1 aliphatic rings. The minimum Gasteiger partial charge on any atom is -0.497 e. The molecule has 2 rings (SSSR count). The van der Waals surface area contributed by atoms with Crippen LogP contribution in [0.1, 0.15) is 18.4 Å². The third-order valence-corrected chi connectivity index (χ3v) is 3.67. The molecule has 16 heavy (non-hydrogen) atoms. The van der Waals surface area contributed by atoms with Crippen molar-refractivity contribution in [3.8, 4) is 0 Å². The largest absolute Gasteiger partial charge is 0.497 e. The molecule has 0 aromatic heterocycles. The Bertz CT molecular complexity index is 390. The molecule has 0 fully saturated rings. The Morgan fingerprint density at radius 3 is 3.12 bits per heavy atom. The van der Waals surface area contributed by atoms with Crippen LogP contribution in [0.3, 0.4) is 0 Å². The molecule has 3 heteroatoms. The average Bonchev–Trinajstić information content (AvgIpc) is 2.32. The maximum absolute atomic E-state index is 5.51. The highest BCUT2D eigenvalue weighted by molar-refractivity contribution is 9.10. The summed E-state index contributed by atoms with van der Waals surface area (Å²) >= 11 is 3.53. The average molecular weight is 282 g/mol. The van der Waals surface area contributed by atoms with E-state index in [1.807, 2.05) is 12.3 Å². The molecule has 1 N–H and O–H groups in total. The molecule has 1 heterocycles. The zero-order valence-electron chi connectivity index (χ0n) is 9.37. The number of nitrogens with one attached hydrogen (secondary N) is 1. The van der Waals surface area contributed by atoms with E-state index in [0.717, 1.165) is 23.9 Å². The second-order valence-electron chi connectivity index (χ2n) is 4.00. The molecular weight excluding hydrogens is 266 g/mol. The van der Waals surface area contributed by atoms with Crippen molar-refractivity contribution >= 4 is 21.6 Å². The van der Waals surface area contributed by atoms with E-state index in [1.165, 1.54) is 11.3 Å². The van der Waals surface area contributed by atoms with E-state index in [-0.39, 0.29) is 0 Å². The van der Waals surface area contributed by atoms with E-state index in [2.05, 4.69) is 46.4 Å². The van der Waals surface area contributed by atoms with E-state index in [9.17, 15) is 0 Å². The predicted molar refractivity (Wildman–Crippen MR) is 70.6 cm³/mol. The normalized spacial score (nSPS) is 19.2. The molecule has 1 atom stereocenters. The lowest BCUT2D eigenvalue weighted by Crippen LogP contribution is -2.23. The summed E-state index contributed by atoms with van der Waals surface area (Å²) in [4.78, 5) is 0. The molecule has 0 bridgehead atoms. The molecule has 1 unspecified atom stereocenters. The van der Waals surface area contributed by atoms with Crippen molar-refractivity contribution in [2.24, 2.45) is 0 Å². The molecule has 0 saturated heterocycles. The van der Waals surface area contributed by atoms with Gasteiger partial charge in [-0.3, -0.25) is 0 Å². The first-order valence-electron chi connectivity index (χ1n) is 5.57. The summed E-state index contributed by atoms with van der Waals surface area (Å²) in [7, 11) is 0. The van der Waals surface area contributed by atoms with Crippen LogP contribution < -0.4 is 5.32 Å². The third-order valence-electron chi connectivity index (χ3n) is 2.81. The van der Waals surface area contributed by atoms with Crippen molar-refractivity contribution in [3.63, 3.8) is 0 Å². The van der Waals surface area contributed by atoms with E-state index in [4.69, 9.17) is 4.74 Å². The van der Waals surface area contributed by atoms with Crippen LogP contribution in [0.5, 0.6) is 0 Å². The summed E-state index contributed by atoms with van der Waals surface area (Å²) < 4.78 is 6.66. The molecular formula is C13H16BrNO. The summed E-state index contributed by atoms with van der Waals surface area (Å²) in [6, 6.07) is 6.19. The number of rotatable bonds is 3. The zero-order chi connectivity index (χ0) is 11.4. The molecule has 86 valence electrons. The lowest BCUT2D eigenvalue weighted by atomic mass is 10.1. The van der Waals surface area contributed by atoms with Crippen molar-refractivity contribution in [3.05, 3.63) is 40.6 Å². The Hall–Kier alpha value is -0.960. The minimum absolute atomic E-state index is 0.295. The van der Waals surface area contributed by atoms with Crippen molar-refractivity contribution < 1.29 is 4.74 Å². The second kappa shape index (κ2) is 5.39. The second-order valence-corrected chi connectivity index (χ2v) is 4.85. The van der Waals surface area contributed by atoms with Crippen molar-refractivity contribution in [1.82, 2.24) is 0 Å². The number of benzene rings is 1. The summed E-state index contributed by atoms with van der Waals surface area (Å²) in [6.45, 7) is 2.97. The molecule has 1 aliphatic heterocycles. The minimum atomic E-state index is 0.295. The van der Waals surface area contributed by atoms with Gasteiger partial charge < -0.3 is 10.1 Å². The fraction of sp³-hybridized carbons (Fsp3) is 0.385. The van der Waals surface area contributed by atoms with Gasteiger partial charge in [-0.05, 0) is 43.5 Å². The molecule has 0 amide bonds. The SMILES string of the molecule is Cc1c(Br)cccc1NCC1CCC=CO1. The van der Waals surface area contributed by atoms with Crippen LogP contribution in [0.15, 0.2) is 35.0 Å². The molecule has 1 aromatic rings. The fourth-order valence-corrected chi connectivity index (χ4v) is 2.12. The Morgan fingerprint density at radius 1 is 1.50 bits per heavy atom. The van der Waals surface area contributed by atoms with Crippen LogP contribution in [0.2, 0.25) is 0 Å². The maximum atomic E-state index is 5.51. The molecule has 0 saturated carbocycles. The number of hydrogen-bond acceptors (Lipinski definition) is 2. The molecule has 0 aliphatic carbocycles. The van der Waals surface area contributed by atoms with Gasteiger partial charge in [0.2, 0.25) is 0 Å². The predicted octanol–water partition coefficient (Wildman–Crippen LogP) is 3.86. The van der Waals surface area contributed by atoms with E-state index in [0.29, 0.717) is 6.10 Å². The van der Waals surface area contributed by atoms with Crippen LogP contribution >= 0.6 is 15.9 Å². The Kier molecular flexibility index (Phi) is 3.88. The van der Waals surface area contributed by atoms with Gasteiger partial charge in [0.15, 0.2) is 0 Å². The Morgan fingerprint density at radius 2 is 2.38 bits per heavy atom. The van der Waals surface area contributed by atoms with Crippen LogP contribution in [-0.2, 0) is 4.74 Å². The van der Waals surface area contributed by atoms with Crippen molar-refractivity contribution in [2.75, 3.05) is 11.9 Å². The molecule has 0 radical (unpaired) electrons. The summed E-state index contributed by atoms with van der Waals surface area (Å²) in [5.41, 5.74) is 2.42. The van der Waals surface area contributed by atoms with Gasteiger partial charge in [0.25, 0.3) is 0 Å². The highest BCUT2D eigenvalue weighted by Crippen LogP contribution is 2.23. The maximum Gasteiger partial charge on any atom is 0.115 e. The van der Waals surface area contributed by atoms with Crippen LogP contribution in [0, 0.1) is 6.92 Å².